The van der Waals surface area contributed by atoms with Crippen molar-refractivity contribution in [3.63, 3.8) is 0 Å². The molecule has 0 heterocycles. The molecule has 7 heteroatoms. The molecular formula is C11H18N4O2S. The van der Waals surface area contributed by atoms with E-state index in [1.54, 1.807) is 24.3 Å². The van der Waals surface area contributed by atoms with Crippen molar-refractivity contribution in [1.29, 1.82) is 0 Å². The van der Waals surface area contributed by atoms with Crippen LogP contribution in [0.2, 0.25) is 0 Å². The Morgan fingerprint density at radius 2 is 2.00 bits per heavy atom. The number of hydrogen-bond acceptors (Lipinski definition) is 5. The molecule has 1 atom stereocenters. The monoisotopic (exact) mass is 270 g/mol. The first-order valence-electron chi connectivity index (χ1n) is 5.57. The van der Waals surface area contributed by atoms with Crippen molar-refractivity contribution in [2.75, 3.05) is 0 Å². The Kier molecular flexibility index (Phi) is 5.26. The Morgan fingerprint density at radius 3 is 2.50 bits per heavy atom. The minimum Gasteiger partial charge on any atom is -0.324 e. The van der Waals surface area contributed by atoms with Gasteiger partial charge in [0.05, 0.1) is 10.9 Å². The highest BCUT2D eigenvalue weighted by molar-refractivity contribution is 7.89. The summed E-state index contributed by atoms with van der Waals surface area (Å²) < 4.78 is 23.8. The van der Waals surface area contributed by atoms with Crippen LogP contribution in [0.15, 0.2) is 34.3 Å². The van der Waals surface area contributed by atoms with E-state index in [4.69, 9.17) is 5.84 Å². The van der Waals surface area contributed by atoms with Gasteiger partial charge >= 0.3 is 0 Å². The third-order valence-corrected chi connectivity index (χ3v) is 3.70. The quantitative estimate of drug-likeness (QED) is 0.398. The van der Waals surface area contributed by atoms with Crippen LogP contribution >= 0.6 is 0 Å². The lowest BCUT2D eigenvalue weighted by atomic mass is 10.2. The molecule has 0 spiro atoms. The van der Waals surface area contributed by atoms with Crippen LogP contribution in [-0.4, -0.2) is 20.7 Å². The summed E-state index contributed by atoms with van der Waals surface area (Å²) in [5, 5.41) is 3.37. The highest BCUT2D eigenvalue weighted by Crippen LogP contribution is 2.09. The smallest absolute Gasteiger partial charge is 0.253 e. The number of hydrazone groups is 1. The van der Waals surface area contributed by atoms with Crippen molar-refractivity contribution < 1.29 is 8.42 Å². The van der Waals surface area contributed by atoms with Gasteiger partial charge in [-0.05, 0) is 25.5 Å². The van der Waals surface area contributed by atoms with Gasteiger partial charge in [0.1, 0.15) is 0 Å². The van der Waals surface area contributed by atoms with E-state index in [0.29, 0.717) is 6.42 Å². The summed E-state index contributed by atoms with van der Waals surface area (Å²) in [7, 11) is -3.56. The molecule has 1 aromatic carbocycles. The Balaban J connectivity index is 2.73. The Morgan fingerprint density at radius 1 is 1.39 bits per heavy atom. The maximum atomic E-state index is 11.9. The Hall–Kier alpha value is -1.44. The minimum absolute atomic E-state index is 0.208. The molecule has 0 saturated carbocycles. The lowest BCUT2D eigenvalue weighted by Crippen LogP contribution is -2.44. The van der Waals surface area contributed by atoms with Crippen molar-refractivity contribution in [3.8, 4) is 0 Å². The Labute approximate surface area is 107 Å². The van der Waals surface area contributed by atoms with Gasteiger partial charge in [0.2, 0.25) is 0 Å². The molecule has 0 aliphatic heterocycles. The molecular weight excluding hydrogens is 252 g/mol. The van der Waals surface area contributed by atoms with E-state index in [2.05, 4.69) is 15.4 Å². The standard InChI is InChI=1S/C11H18N4O2S/c1-3-10(8-13-12)14-15-18(16,17)11-6-4-9(2)5-7-11/h4-8,10,14-15H,3,12H2,1-2H3. The predicted octanol–water partition coefficient (Wildman–Crippen LogP) is 0.501. The van der Waals surface area contributed by atoms with Crippen LogP contribution in [0, 0.1) is 6.92 Å². The van der Waals surface area contributed by atoms with Crippen LogP contribution in [0.3, 0.4) is 0 Å². The molecule has 6 nitrogen and oxygen atoms in total. The number of hydrogen-bond donors (Lipinski definition) is 3. The number of nitrogens with one attached hydrogen (secondary N) is 2. The van der Waals surface area contributed by atoms with E-state index in [-0.39, 0.29) is 10.9 Å². The van der Waals surface area contributed by atoms with Crippen LogP contribution < -0.4 is 16.1 Å². The fourth-order valence-electron chi connectivity index (χ4n) is 1.28. The summed E-state index contributed by atoms with van der Waals surface area (Å²) in [5.41, 5.74) is 3.66. The molecule has 0 aliphatic rings. The highest BCUT2D eigenvalue weighted by atomic mass is 32.2. The first-order chi connectivity index (χ1) is 8.49. The maximum Gasteiger partial charge on any atom is 0.253 e. The van der Waals surface area contributed by atoms with E-state index in [1.807, 2.05) is 13.8 Å². The van der Waals surface area contributed by atoms with Crippen LogP contribution in [0.5, 0.6) is 0 Å². The summed E-state index contributed by atoms with van der Waals surface area (Å²) >= 11 is 0. The van der Waals surface area contributed by atoms with E-state index < -0.39 is 10.0 Å². The Bertz CT molecular complexity index is 496. The lowest BCUT2D eigenvalue weighted by Gasteiger charge is -2.13. The van der Waals surface area contributed by atoms with E-state index in [9.17, 15) is 8.42 Å². The normalized spacial score (nSPS) is 13.9. The molecule has 100 valence electrons. The number of hydrazine groups is 1. The average Bonchev–Trinajstić information content (AvgIpc) is 2.35. The van der Waals surface area contributed by atoms with Crippen LogP contribution in [0.25, 0.3) is 0 Å². The molecule has 4 N–H and O–H groups in total. The van der Waals surface area contributed by atoms with Gasteiger partial charge in [0, 0.05) is 6.21 Å². The molecule has 0 bridgehead atoms. The second kappa shape index (κ2) is 6.48. The second-order valence-electron chi connectivity index (χ2n) is 3.88. The second-order valence-corrected chi connectivity index (χ2v) is 5.56. The van der Waals surface area contributed by atoms with Gasteiger partial charge < -0.3 is 5.84 Å². The summed E-state index contributed by atoms with van der Waals surface area (Å²) in [4.78, 5) is 2.51. The molecule has 0 fully saturated rings. The first kappa shape index (κ1) is 14.6. The number of benzene rings is 1. The summed E-state index contributed by atoms with van der Waals surface area (Å²) in [6.45, 7) is 3.78. The average molecular weight is 270 g/mol. The fraction of sp³-hybridized carbons (Fsp3) is 0.364. The number of nitrogens with two attached hydrogens (primary N) is 1. The molecule has 0 amide bonds. The molecule has 1 rings (SSSR count). The van der Waals surface area contributed by atoms with Crippen molar-refractivity contribution in [2.45, 2.75) is 31.2 Å². The number of sulfonamides is 1. The zero-order chi connectivity index (χ0) is 13.6. The van der Waals surface area contributed by atoms with Gasteiger partial charge in [0.25, 0.3) is 10.0 Å². The van der Waals surface area contributed by atoms with E-state index in [1.165, 1.54) is 6.21 Å². The van der Waals surface area contributed by atoms with Gasteiger partial charge in [0.15, 0.2) is 0 Å². The summed E-state index contributed by atoms with van der Waals surface area (Å²) in [5.74, 6) is 5.02. The lowest BCUT2D eigenvalue weighted by molar-refractivity contribution is 0.534. The van der Waals surface area contributed by atoms with Crippen molar-refractivity contribution >= 4 is 16.2 Å². The largest absolute Gasteiger partial charge is 0.324 e. The highest BCUT2D eigenvalue weighted by Gasteiger charge is 2.14. The fourth-order valence-corrected chi connectivity index (χ4v) is 2.20. The van der Waals surface area contributed by atoms with Gasteiger partial charge in [-0.15, -0.1) is 4.83 Å². The van der Waals surface area contributed by atoms with Crippen molar-refractivity contribution in [2.24, 2.45) is 10.9 Å². The van der Waals surface area contributed by atoms with Crippen molar-refractivity contribution in [3.05, 3.63) is 29.8 Å². The molecule has 0 saturated heterocycles. The van der Waals surface area contributed by atoms with Gasteiger partial charge in [-0.2, -0.15) is 5.10 Å². The molecule has 0 aliphatic carbocycles. The minimum atomic E-state index is -3.56. The van der Waals surface area contributed by atoms with Crippen LogP contribution in [0.1, 0.15) is 18.9 Å². The molecule has 1 unspecified atom stereocenters. The van der Waals surface area contributed by atoms with E-state index in [0.717, 1.165) is 5.56 Å². The molecule has 0 radical (unpaired) electrons. The van der Waals surface area contributed by atoms with Gasteiger partial charge in [-0.25, -0.2) is 13.8 Å². The number of aryl methyl sites for hydroxylation is 1. The number of rotatable bonds is 6. The first-order valence-corrected chi connectivity index (χ1v) is 7.05. The maximum absolute atomic E-state index is 11.9. The van der Waals surface area contributed by atoms with Gasteiger partial charge in [-0.1, -0.05) is 24.6 Å². The summed E-state index contributed by atoms with van der Waals surface area (Å²) in [6.07, 6.45) is 2.11. The topological polar surface area (TPSA) is 96.6 Å². The third-order valence-electron chi connectivity index (χ3n) is 2.42. The molecule has 0 aromatic heterocycles. The van der Waals surface area contributed by atoms with Crippen LogP contribution in [0.4, 0.5) is 0 Å². The molecule has 18 heavy (non-hydrogen) atoms. The third kappa shape index (κ3) is 4.10. The summed E-state index contributed by atoms with van der Waals surface area (Å²) in [6, 6.07) is 6.35. The number of nitrogens with zero attached hydrogens (tertiary/aromatic N) is 1. The van der Waals surface area contributed by atoms with Gasteiger partial charge in [-0.3, -0.25) is 0 Å². The zero-order valence-corrected chi connectivity index (χ0v) is 11.2. The van der Waals surface area contributed by atoms with Crippen molar-refractivity contribution in [1.82, 2.24) is 10.3 Å². The van der Waals surface area contributed by atoms with E-state index >= 15 is 0 Å². The SMILES string of the molecule is CCC(C=NN)NNS(=O)(=O)c1ccc(C)cc1. The zero-order valence-electron chi connectivity index (χ0n) is 10.4. The molecule has 1 aromatic rings. The predicted molar refractivity (Wildman–Crippen MR) is 71.4 cm³/mol. The van der Waals surface area contributed by atoms with Crippen LogP contribution in [-0.2, 0) is 10.0 Å².